The molecule has 0 saturated carbocycles. The highest BCUT2D eigenvalue weighted by molar-refractivity contribution is 5.90. The summed E-state index contributed by atoms with van der Waals surface area (Å²) in [6.07, 6.45) is 5.81. The van der Waals surface area contributed by atoms with Crippen molar-refractivity contribution in [1.82, 2.24) is 29.1 Å². The molecule has 0 aliphatic carbocycles. The zero-order chi connectivity index (χ0) is 25.5. The van der Waals surface area contributed by atoms with Crippen molar-refractivity contribution < 1.29 is 5.11 Å². The minimum atomic E-state index is -0.373. The Hall–Kier alpha value is -4.92. The van der Waals surface area contributed by atoms with Gasteiger partial charge in [-0.1, -0.05) is 30.3 Å². The Morgan fingerprint density at radius 2 is 1.92 bits per heavy atom. The van der Waals surface area contributed by atoms with Crippen molar-refractivity contribution in [3.8, 4) is 11.4 Å². The van der Waals surface area contributed by atoms with Gasteiger partial charge in [0.05, 0.1) is 17.1 Å². The first-order valence-electron chi connectivity index (χ1n) is 12.0. The lowest BCUT2D eigenvalue weighted by Crippen LogP contribution is -2.29. The summed E-state index contributed by atoms with van der Waals surface area (Å²) in [4.78, 5) is 25.8. The molecule has 6 aromatic rings. The highest BCUT2D eigenvalue weighted by atomic mass is 16.3. The van der Waals surface area contributed by atoms with Crippen LogP contribution in [0.1, 0.15) is 35.5 Å². The van der Waals surface area contributed by atoms with Crippen molar-refractivity contribution in [3.63, 3.8) is 0 Å². The largest absolute Gasteiger partial charge is 0.508 e. The first-order chi connectivity index (χ1) is 18.0. The number of anilines is 1. The molecule has 0 aliphatic rings. The maximum absolute atomic E-state index is 13.7. The second-order valence-corrected chi connectivity index (χ2v) is 9.10. The molecular weight excluding hydrogens is 466 g/mol. The average molecular weight is 492 g/mol. The fourth-order valence-corrected chi connectivity index (χ4v) is 4.77. The molecule has 4 heterocycles. The van der Waals surface area contributed by atoms with E-state index in [0.29, 0.717) is 29.2 Å². The van der Waals surface area contributed by atoms with Crippen LogP contribution < -0.4 is 10.9 Å². The number of hydrogen-bond acceptors (Lipinski definition) is 6. The minimum absolute atomic E-state index is 0.133. The first kappa shape index (κ1) is 22.5. The number of para-hydroxylation sites is 1. The van der Waals surface area contributed by atoms with Gasteiger partial charge in [0.25, 0.3) is 5.56 Å². The van der Waals surface area contributed by atoms with Crippen LogP contribution >= 0.6 is 0 Å². The number of hydrogen-bond donors (Lipinski definition) is 3. The van der Waals surface area contributed by atoms with E-state index in [-0.39, 0.29) is 17.4 Å². The molecule has 0 bridgehead atoms. The average Bonchev–Trinajstić information content (AvgIpc) is 3.48. The number of fused-ring (bicyclic) bond motifs is 2. The SMILES string of the molecule is Cc1ccn2nc(C(C)Nc3ncnc4[nH]cc(Cc5cccc(O)c5)c34)n(-c3ccccc3)c(=O)c12. The van der Waals surface area contributed by atoms with Gasteiger partial charge in [-0.25, -0.2) is 14.5 Å². The topological polar surface area (TPSA) is 113 Å². The first-order valence-corrected chi connectivity index (χ1v) is 12.0. The summed E-state index contributed by atoms with van der Waals surface area (Å²) in [6, 6.07) is 18.2. The van der Waals surface area contributed by atoms with E-state index >= 15 is 0 Å². The Bertz CT molecular complexity index is 1800. The van der Waals surface area contributed by atoms with Crippen LogP contribution in [0.2, 0.25) is 0 Å². The Kier molecular flexibility index (Phi) is 5.45. The van der Waals surface area contributed by atoms with Crippen LogP contribution in [0.25, 0.3) is 22.2 Å². The van der Waals surface area contributed by atoms with E-state index < -0.39 is 0 Å². The van der Waals surface area contributed by atoms with Crippen LogP contribution in [-0.4, -0.2) is 34.2 Å². The molecule has 184 valence electrons. The molecule has 37 heavy (non-hydrogen) atoms. The normalized spacial score (nSPS) is 12.3. The maximum atomic E-state index is 13.7. The quantitative estimate of drug-likeness (QED) is 0.315. The fourth-order valence-electron chi connectivity index (χ4n) is 4.77. The molecule has 2 aromatic carbocycles. The van der Waals surface area contributed by atoms with Crippen LogP contribution in [0, 0.1) is 6.92 Å². The van der Waals surface area contributed by atoms with Crippen molar-refractivity contribution in [1.29, 1.82) is 0 Å². The summed E-state index contributed by atoms with van der Waals surface area (Å²) >= 11 is 0. The Morgan fingerprint density at radius 3 is 2.73 bits per heavy atom. The third-order valence-corrected chi connectivity index (χ3v) is 6.52. The molecule has 0 spiro atoms. The molecule has 6 rings (SSSR count). The van der Waals surface area contributed by atoms with E-state index in [1.54, 1.807) is 27.4 Å². The molecule has 9 nitrogen and oxygen atoms in total. The number of nitrogens with one attached hydrogen (secondary N) is 2. The van der Waals surface area contributed by atoms with Crippen molar-refractivity contribution in [2.24, 2.45) is 0 Å². The lowest BCUT2D eigenvalue weighted by Gasteiger charge is -2.20. The van der Waals surface area contributed by atoms with Crippen molar-refractivity contribution in [2.75, 3.05) is 5.32 Å². The number of aryl methyl sites for hydroxylation is 1. The maximum Gasteiger partial charge on any atom is 0.282 e. The third kappa shape index (κ3) is 4.00. The van der Waals surface area contributed by atoms with Gasteiger partial charge in [0, 0.05) is 12.4 Å². The van der Waals surface area contributed by atoms with Crippen LogP contribution in [-0.2, 0) is 6.42 Å². The van der Waals surface area contributed by atoms with Crippen molar-refractivity contribution >= 4 is 22.4 Å². The zero-order valence-electron chi connectivity index (χ0n) is 20.4. The zero-order valence-corrected chi connectivity index (χ0v) is 20.4. The molecule has 9 heteroatoms. The number of rotatable bonds is 6. The van der Waals surface area contributed by atoms with Crippen molar-refractivity contribution in [3.05, 3.63) is 112 Å². The molecule has 1 unspecified atom stereocenters. The van der Waals surface area contributed by atoms with Gasteiger partial charge in [0.2, 0.25) is 0 Å². The lowest BCUT2D eigenvalue weighted by atomic mass is 10.0. The molecule has 4 aromatic heterocycles. The van der Waals surface area contributed by atoms with Crippen molar-refractivity contribution in [2.45, 2.75) is 26.3 Å². The second-order valence-electron chi connectivity index (χ2n) is 9.10. The molecule has 0 fully saturated rings. The van der Waals surface area contributed by atoms with Gasteiger partial charge in [-0.15, -0.1) is 0 Å². The molecule has 1 atom stereocenters. The smallest absolute Gasteiger partial charge is 0.282 e. The highest BCUT2D eigenvalue weighted by Crippen LogP contribution is 2.29. The number of benzene rings is 2. The van der Waals surface area contributed by atoms with E-state index in [1.165, 1.54) is 6.33 Å². The summed E-state index contributed by atoms with van der Waals surface area (Å²) in [5, 5.41) is 19.1. The second kappa shape index (κ2) is 8.94. The lowest BCUT2D eigenvalue weighted by molar-refractivity contribution is 0.474. The van der Waals surface area contributed by atoms with E-state index in [1.807, 2.05) is 68.6 Å². The van der Waals surface area contributed by atoms with E-state index in [4.69, 9.17) is 5.10 Å². The Balaban J connectivity index is 1.45. The monoisotopic (exact) mass is 491 g/mol. The van der Waals surface area contributed by atoms with Crippen LogP contribution in [0.3, 0.4) is 0 Å². The molecule has 3 N–H and O–H groups in total. The predicted octanol–water partition coefficient (Wildman–Crippen LogP) is 4.53. The summed E-state index contributed by atoms with van der Waals surface area (Å²) in [6.45, 7) is 3.87. The minimum Gasteiger partial charge on any atom is -0.508 e. The summed E-state index contributed by atoms with van der Waals surface area (Å²) in [5.41, 5.74) is 4.68. The van der Waals surface area contributed by atoms with Gasteiger partial charge in [-0.2, -0.15) is 5.10 Å². The molecule has 0 amide bonds. The predicted molar refractivity (Wildman–Crippen MR) is 142 cm³/mol. The van der Waals surface area contributed by atoms with Crippen LogP contribution in [0.4, 0.5) is 5.82 Å². The summed E-state index contributed by atoms with van der Waals surface area (Å²) in [5.74, 6) is 1.41. The third-order valence-electron chi connectivity index (χ3n) is 6.52. The van der Waals surface area contributed by atoms with Gasteiger partial charge < -0.3 is 15.4 Å². The number of phenols is 1. The number of aromatic hydroxyl groups is 1. The van der Waals surface area contributed by atoms with Gasteiger partial charge in [-0.3, -0.25) is 9.36 Å². The summed E-state index contributed by atoms with van der Waals surface area (Å²) in [7, 11) is 0. The van der Waals surface area contributed by atoms with E-state index in [9.17, 15) is 9.90 Å². The fraction of sp³-hybridized carbons (Fsp3) is 0.143. The Labute approximate surface area is 212 Å². The number of aromatic nitrogens is 6. The summed E-state index contributed by atoms with van der Waals surface area (Å²) < 4.78 is 3.30. The van der Waals surface area contributed by atoms with Crippen LogP contribution in [0.15, 0.2) is 84.2 Å². The van der Waals surface area contributed by atoms with Gasteiger partial charge in [0.15, 0.2) is 5.82 Å². The van der Waals surface area contributed by atoms with Gasteiger partial charge in [0.1, 0.15) is 29.1 Å². The Morgan fingerprint density at radius 1 is 1.08 bits per heavy atom. The van der Waals surface area contributed by atoms with Crippen LogP contribution in [0.5, 0.6) is 5.75 Å². The van der Waals surface area contributed by atoms with E-state index in [0.717, 1.165) is 27.8 Å². The number of H-pyrrole nitrogens is 1. The van der Waals surface area contributed by atoms with E-state index in [2.05, 4.69) is 20.3 Å². The molecule has 0 aliphatic heterocycles. The molecule has 0 saturated heterocycles. The van der Waals surface area contributed by atoms with Gasteiger partial charge in [-0.05, 0) is 67.3 Å². The highest BCUT2D eigenvalue weighted by Gasteiger charge is 2.21. The number of aromatic amines is 1. The van der Waals surface area contributed by atoms with Gasteiger partial charge >= 0.3 is 0 Å². The number of phenolic OH excluding ortho intramolecular Hbond substituents is 1. The number of nitrogens with zero attached hydrogens (tertiary/aromatic N) is 5. The standard InChI is InChI=1S/C28H25N7O2/c1-17-11-12-34-24(17)28(37)35(21-8-4-3-5-9-21)27(33-34)18(2)32-26-23-20(15-29-25(23)30-16-31-26)13-19-7-6-10-22(36)14-19/h3-12,14-16,18,36H,13H2,1-2H3,(H2,29,30,31,32). The molecule has 0 radical (unpaired) electrons. The molecular formula is C28H25N7O2.